The highest BCUT2D eigenvalue weighted by Gasteiger charge is 2.29. The summed E-state index contributed by atoms with van der Waals surface area (Å²) in [5.74, 6) is -0.0199. The van der Waals surface area contributed by atoms with E-state index in [1.807, 2.05) is 18.7 Å². The number of hydrogen-bond acceptors (Lipinski definition) is 4. The van der Waals surface area contributed by atoms with Gasteiger partial charge in [0.1, 0.15) is 5.69 Å². The number of H-pyrrole nitrogens is 1. The Kier molecular flexibility index (Phi) is 4.21. The van der Waals surface area contributed by atoms with E-state index in [9.17, 15) is 9.90 Å². The molecule has 2 heterocycles. The first-order chi connectivity index (χ1) is 8.97. The van der Waals surface area contributed by atoms with Gasteiger partial charge in [0, 0.05) is 37.9 Å². The first-order valence-corrected chi connectivity index (χ1v) is 6.70. The number of nitrogens with one attached hydrogen (secondary N) is 1. The molecule has 0 radical (unpaired) electrons. The van der Waals surface area contributed by atoms with Gasteiger partial charge in [-0.05, 0) is 26.8 Å². The van der Waals surface area contributed by atoms with Crippen LogP contribution in [-0.4, -0.2) is 69.3 Å². The summed E-state index contributed by atoms with van der Waals surface area (Å²) in [7, 11) is 0. The number of carbonyl (C=O) groups excluding carboxylic acids is 1. The summed E-state index contributed by atoms with van der Waals surface area (Å²) in [6.45, 7) is 8.63. The standard InChI is InChI=1S/C13H22N4O2/c1-9-6-12(15-14-9)13(19)17-5-4-16(7-10(17)2)8-11(3)18/h6,10-11,18H,4-5,7-8H2,1-3H3,(H,14,15)/t10-,11+/m0/s1. The quantitative estimate of drug-likeness (QED) is 0.822. The maximum absolute atomic E-state index is 12.3. The average Bonchev–Trinajstić information content (AvgIpc) is 2.74. The number of amides is 1. The monoisotopic (exact) mass is 266 g/mol. The Bertz CT molecular complexity index is 444. The van der Waals surface area contributed by atoms with Crippen LogP contribution in [0.2, 0.25) is 0 Å². The highest BCUT2D eigenvalue weighted by atomic mass is 16.3. The highest BCUT2D eigenvalue weighted by Crippen LogP contribution is 2.13. The minimum absolute atomic E-state index is 0.0199. The number of aromatic amines is 1. The normalized spacial score (nSPS) is 22.5. The second-order valence-corrected chi connectivity index (χ2v) is 5.39. The fourth-order valence-corrected chi connectivity index (χ4v) is 2.55. The summed E-state index contributed by atoms with van der Waals surface area (Å²) < 4.78 is 0. The van der Waals surface area contributed by atoms with Crippen molar-refractivity contribution in [2.75, 3.05) is 26.2 Å². The van der Waals surface area contributed by atoms with E-state index in [2.05, 4.69) is 15.1 Å². The Morgan fingerprint density at radius 3 is 2.89 bits per heavy atom. The van der Waals surface area contributed by atoms with E-state index in [-0.39, 0.29) is 18.1 Å². The number of hydrogen-bond donors (Lipinski definition) is 2. The van der Waals surface area contributed by atoms with E-state index in [0.717, 1.165) is 18.8 Å². The van der Waals surface area contributed by atoms with Crippen LogP contribution in [0.5, 0.6) is 0 Å². The van der Waals surface area contributed by atoms with Gasteiger partial charge in [-0.2, -0.15) is 5.10 Å². The molecule has 2 atom stereocenters. The van der Waals surface area contributed by atoms with Crippen molar-refractivity contribution >= 4 is 5.91 Å². The van der Waals surface area contributed by atoms with E-state index in [1.54, 1.807) is 13.0 Å². The molecule has 1 aromatic heterocycles. The summed E-state index contributed by atoms with van der Waals surface area (Å²) in [6, 6.07) is 1.91. The molecule has 0 spiro atoms. The highest BCUT2D eigenvalue weighted by molar-refractivity contribution is 5.92. The van der Waals surface area contributed by atoms with Crippen LogP contribution in [0, 0.1) is 6.92 Å². The summed E-state index contributed by atoms with van der Waals surface area (Å²) in [5.41, 5.74) is 1.37. The van der Waals surface area contributed by atoms with Crippen LogP contribution >= 0.6 is 0 Å². The number of nitrogens with zero attached hydrogens (tertiary/aromatic N) is 3. The summed E-state index contributed by atoms with van der Waals surface area (Å²) in [5, 5.41) is 16.2. The third-order valence-corrected chi connectivity index (χ3v) is 3.42. The molecule has 6 heteroatoms. The number of aromatic nitrogens is 2. The number of aliphatic hydroxyl groups is 1. The zero-order valence-corrected chi connectivity index (χ0v) is 11.8. The van der Waals surface area contributed by atoms with Gasteiger partial charge < -0.3 is 10.0 Å². The summed E-state index contributed by atoms with van der Waals surface area (Å²) in [6.07, 6.45) is -0.330. The van der Waals surface area contributed by atoms with Crippen LogP contribution in [0.4, 0.5) is 0 Å². The van der Waals surface area contributed by atoms with Gasteiger partial charge in [-0.3, -0.25) is 14.8 Å². The molecule has 2 rings (SSSR count). The van der Waals surface area contributed by atoms with Crippen molar-refractivity contribution in [2.45, 2.75) is 32.9 Å². The fourth-order valence-electron chi connectivity index (χ4n) is 2.55. The van der Waals surface area contributed by atoms with Gasteiger partial charge in [0.25, 0.3) is 5.91 Å². The molecule has 0 unspecified atom stereocenters. The van der Waals surface area contributed by atoms with Crippen LogP contribution in [0.15, 0.2) is 6.07 Å². The van der Waals surface area contributed by atoms with Crippen LogP contribution in [0.3, 0.4) is 0 Å². The average molecular weight is 266 g/mol. The zero-order valence-electron chi connectivity index (χ0n) is 11.8. The number of aliphatic hydroxyl groups excluding tert-OH is 1. The van der Waals surface area contributed by atoms with Crippen LogP contribution < -0.4 is 0 Å². The molecule has 1 aromatic rings. The van der Waals surface area contributed by atoms with Gasteiger partial charge in [-0.15, -0.1) is 0 Å². The largest absolute Gasteiger partial charge is 0.392 e. The lowest BCUT2D eigenvalue weighted by Gasteiger charge is -2.40. The lowest BCUT2D eigenvalue weighted by molar-refractivity contribution is 0.0378. The SMILES string of the molecule is Cc1cc(C(=O)N2CCN(C[C@@H](C)O)C[C@@H]2C)n[nH]1. The number of carbonyl (C=O) groups is 1. The maximum Gasteiger partial charge on any atom is 0.274 e. The Morgan fingerprint density at radius 1 is 1.63 bits per heavy atom. The molecule has 2 N–H and O–H groups in total. The van der Waals surface area contributed by atoms with Crippen LogP contribution in [0.25, 0.3) is 0 Å². The molecule has 0 saturated carbocycles. The van der Waals surface area contributed by atoms with Crippen molar-refractivity contribution in [1.29, 1.82) is 0 Å². The Labute approximate surface area is 113 Å². The van der Waals surface area contributed by atoms with Crippen molar-refractivity contribution in [3.05, 3.63) is 17.5 Å². The Morgan fingerprint density at radius 2 is 2.37 bits per heavy atom. The summed E-state index contributed by atoms with van der Waals surface area (Å²) in [4.78, 5) is 16.4. The number of β-amino-alcohol motifs (C(OH)–C–C–N with tert-alkyl or cyclic N) is 1. The zero-order chi connectivity index (χ0) is 14.0. The molecule has 1 aliphatic heterocycles. The first kappa shape index (κ1) is 14.0. The first-order valence-electron chi connectivity index (χ1n) is 6.70. The molecule has 1 amide bonds. The molecular weight excluding hydrogens is 244 g/mol. The molecule has 19 heavy (non-hydrogen) atoms. The number of aryl methyl sites for hydroxylation is 1. The van der Waals surface area contributed by atoms with E-state index < -0.39 is 0 Å². The van der Waals surface area contributed by atoms with E-state index in [4.69, 9.17) is 0 Å². The Balaban J connectivity index is 1.98. The molecule has 0 bridgehead atoms. The van der Waals surface area contributed by atoms with Crippen molar-refractivity contribution in [3.8, 4) is 0 Å². The second kappa shape index (κ2) is 5.71. The smallest absolute Gasteiger partial charge is 0.274 e. The van der Waals surface area contributed by atoms with Gasteiger partial charge in [0.05, 0.1) is 6.10 Å². The molecule has 6 nitrogen and oxygen atoms in total. The summed E-state index contributed by atoms with van der Waals surface area (Å²) >= 11 is 0. The molecular formula is C13H22N4O2. The topological polar surface area (TPSA) is 72.5 Å². The van der Waals surface area contributed by atoms with Crippen molar-refractivity contribution in [2.24, 2.45) is 0 Å². The molecule has 1 fully saturated rings. The fraction of sp³-hybridized carbons (Fsp3) is 0.692. The molecule has 1 saturated heterocycles. The molecule has 0 aromatic carbocycles. The Hall–Kier alpha value is -1.40. The van der Waals surface area contributed by atoms with Gasteiger partial charge in [0.2, 0.25) is 0 Å². The molecule has 106 valence electrons. The van der Waals surface area contributed by atoms with Crippen molar-refractivity contribution in [1.82, 2.24) is 20.0 Å². The third kappa shape index (κ3) is 3.33. The lowest BCUT2D eigenvalue weighted by Crippen LogP contribution is -2.55. The molecule has 1 aliphatic rings. The minimum atomic E-state index is -0.330. The van der Waals surface area contributed by atoms with E-state index in [1.165, 1.54) is 0 Å². The van der Waals surface area contributed by atoms with Crippen LogP contribution in [0.1, 0.15) is 30.0 Å². The number of rotatable bonds is 3. The van der Waals surface area contributed by atoms with Crippen molar-refractivity contribution < 1.29 is 9.90 Å². The van der Waals surface area contributed by atoms with Crippen LogP contribution in [-0.2, 0) is 0 Å². The van der Waals surface area contributed by atoms with Gasteiger partial charge >= 0.3 is 0 Å². The number of piperazine rings is 1. The predicted molar refractivity (Wildman–Crippen MR) is 71.9 cm³/mol. The van der Waals surface area contributed by atoms with E-state index >= 15 is 0 Å². The predicted octanol–water partition coefficient (Wildman–Crippen LogP) is 0.245. The minimum Gasteiger partial charge on any atom is -0.392 e. The molecule has 0 aliphatic carbocycles. The van der Waals surface area contributed by atoms with Gasteiger partial charge in [0.15, 0.2) is 0 Å². The second-order valence-electron chi connectivity index (χ2n) is 5.39. The lowest BCUT2D eigenvalue weighted by atomic mass is 10.1. The van der Waals surface area contributed by atoms with Gasteiger partial charge in [-0.1, -0.05) is 0 Å². The van der Waals surface area contributed by atoms with Crippen molar-refractivity contribution in [3.63, 3.8) is 0 Å². The third-order valence-electron chi connectivity index (χ3n) is 3.42. The van der Waals surface area contributed by atoms with E-state index in [0.29, 0.717) is 18.8 Å². The van der Waals surface area contributed by atoms with Gasteiger partial charge in [-0.25, -0.2) is 0 Å². The maximum atomic E-state index is 12.3.